The summed E-state index contributed by atoms with van der Waals surface area (Å²) in [6.07, 6.45) is 5.61. The SMILES string of the molecule is Cc1c(N)ncnc1N1CC2CCC1C2. The van der Waals surface area contributed by atoms with E-state index < -0.39 is 0 Å². The topological polar surface area (TPSA) is 55.0 Å². The minimum absolute atomic E-state index is 0.614. The average molecular weight is 204 g/mol. The summed E-state index contributed by atoms with van der Waals surface area (Å²) in [5.74, 6) is 2.54. The lowest BCUT2D eigenvalue weighted by atomic mass is 10.1. The van der Waals surface area contributed by atoms with Gasteiger partial charge in [0.2, 0.25) is 0 Å². The lowest BCUT2D eigenvalue weighted by Crippen LogP contribution is -2.33. The second-order valence-electron chi connectivity index (χ2n) is 4.69. The number of anilines is 2. The molecule has 1 aromatic heterocycles. The molecule has 2 atom stereocenters. The van der Waals surface area contributed by atoms with Crippen LogP contribution >= 0.6 is 0 Å². The number of hydrogen-bond donors (Lipinski definition) is 1. The molecule has 4 heteroatoms. The van der Waals surface area contributed by atoms with Crippen molar-refractivity contribution in [2.45, 2.75) is 32.2 Å². The first kappa shape index (κ1) is 8.95. The van der Waals surface area contributed by atoms with Crippen molar-refractivity contribution in [1.29, 1.82) is 0 Å². The summed E-state index contributed by atoms with van der Waals surface area (Å²) in [6, 6.07) is 0.697. The molecule has 2 bridgehead atoms. The van der Waals surface area contributed by atoms with E-state index in [4.69, 9.17) is 5.73 Å². The number of nitrogen functional groups attached to an aromatic ring is 1. The first-order valence-corrected chi connectivity index (χ1v) is 5.59. The zero-order valence-corrected chi connectivity index (χ0v) is 8.98. The molecule has 0 spiro atoms. The largest absolute Gasteiger partial charge is 0.383 e. The Balaban J connectivity index is 1.96. The predicted octanol–water partition coefficient (Wildman–Crippen LogP) is 1.36. The molecule has 1 aromatic rings. The summed E-state index contributed by atoms with van der Waals surface area (Å²) < 4.78 is 0. The number of nitrogens with zero attached hydrogens (tertiary/aromatic N) is 3. The second-order valence-corrected chi connectivity index (χ2v) is 4.69. The van der Waals surface area contributed by atoms with Gasteiger partial charge in [0.05, 0.1) is 0 Å². The highest BCUT2D eigenvalue weighted by Gasteiger charge is 2.38. The fourth-order valence-electron chi connectivity index (χ4n) is 2.93. The van der Waals surface area contributed by atoms with Gasteiger partial charge in [-0.05, 0) is 32.1 Å². The van der Waals surface area contributed by atoms with Crippen molar-refractivity contribution in [2.75, 3.05) is 17.2 Å². The molecule has 15 heavy (non-hydrogen) atoms. The van der Waals surface area contributed by atoms with Gasteiger partial charge in [-0.3, -0.25) is 0 Å². The van der Waals surface area contributed by atoms with Gasteiger partial charge >= 0.3 is 0 Å². The molecule has 1 aliphatic heterocycles. The van der Waals surface area contributed by atoms with Gasteiger partial charge in [-0.1, -0.05) is 0 Å². The van der Waals surface area contributed by atoms with Crippen molar-refractivity contribution in [3.05, 3.63) is 11.9 Å². The summed E-state index contributed by atoms with van der Waals surface area (Å²) >= 11 is 0. The van der Waals surface area contributed by atoms with Crippen molar-refractivity contribution < 1.29 is 0 Å². The van der Waals surface area contributed by atoms with Crippen LogP contribution in [-0.2, 0) is 0 Å². The Labute approximate surface area is 89.5 Å². The van der Waals surface area contributed by atoms with E-state index in [1.54, 1.807) is 6.33 Å². The molecule has 2 N–H and O–H groups in total. The van der Waals surface area contributed by atoms with Crippen LogP contribution in [0.5, 0.6) is 0 Å². The Bertz CT molecular complexity index is 390. The van der Waals surface area contributed by atoms with Crippen LogP contribution in [0.25, 0.3) is 0 Å². The molecular weight excluding hydrogens is 188 g/mol. The summed E-state index contributed by atoms with van der Waals surface area (Å²) in [4.78, 5) is 10.8. The lowest BCUT2D eigenvalue weighted by molar-refractivity contribution is 0.549. The molecule has 1 saturated carbocycles. The van der Waals surface area contributed by atoms with Crippen LogP contribution in [-0.4, -0.2) is 22.6 Å². The summed E-state index contributed by atoms with van der Waals surface area (Å²) in [6.45, 7) is 3.17. The smallest absolute Gasteiger partial charge is 0.137 e. The standard InChI is InChI=1S/C11H16N4/c1-7-10(12)13-6-14-11(7)15-5-8-2-3-9(15)4-8/h6,8-9H,2-5H2,1H3,(H2,12,13,14). The molecule has 2 heterocycles. The van der Waals surface area contributed by atoms with E-state index in [0.717, 1.165) is 23.8 Å². The fourth-order valence-corrected chi connectivity index (χ4v) is 2.93. The third-order valence-corrected chi connectivity index (χ3v) is 3.78. The van der Waals surface area contributed by atoms with Gasteiger partial charge in [-0.15, -0.1) is 0 Å². The summed E-state index contributed by atoms with van der Waals surface area (Å²) in [7, 11) is 0. The Hall–Kier alpha value is -1.32. The van der Waals surface area contributed by atoms with Gasteiger partial charge in [0.15, 0.2) is 0 Å². The molecule has 2 unspecified atom stereocenters. The molecule has 1 saturated heterocycles. The van der Waals surface area contributed by atoms with E-state index in [2.05, 4.69) is 14.9 Å². The van der Waals surface area contributed by atoms with Gasteiger partial charge in [-0.2, -0.15) is 0 Å². The van der Waals surface area contributed by atoms with Gasteiger partial charge in [0.1, 0.15) is 18.0 Å². The first-order chi connectivity index (χ1) is 7.25. The van der Waals surface area contributed by atoms with E-state index >= 15 is 0 Å². The monoisotopic (exact) mass is 204 g/mol. The third-order valence-electron chi connectivity index (χ3n) is 3.78. The van der Waals surface area contributed by atoms with E-state index in [1.807, 2.05) is 6.92 Å². The van der Waals surface area contributed by atoms with Gasteiger partial charge < -0.3 is 10.6 Å². The van der Waals surface area contributed by atoms with E-state index in [1.165, 1.54) is 19.3 Å². The third kappa shape index (κ3) is 1.28. The fraction of sp³-hybridized carbons (Fsp3) is 0.636. The maximum atomic E-state index is 5.81. The Morgan fingerprint density at radius 3 is 2.93 bits per heavy atom. The van der Waals surface area contributed by atoms with Gasteiger partial charge in [0.25, 0.3) is 0 Å². The van der Waals surface area contributed by atoms with Crippen LogP contribution in [0.1, 0.15) is 24.8 Å². The van der Waals surface area contributed by atoms with Crippen molar-refractivity contribution in [1.82, 2.24) is 9.97 Å². The van der Waals surface area contributed by atoms with Crippen molar-refractivity contribution in [3.63, 3.8) is 0 Å². The maximum absolute atomic E-state index is 5.81. The van der Waals surface area contributed by atoms with Crippen molar-refractivity contribution >= 4 is 11.6 Å². The Morgan fingerprint density at radius 2 is 2.27 bits per heavy atom. The number of rotatable bonds is 1. The summed E-state index contributed by atoms with van der Waals surface area (Å²) in [5.41, 5.74) is 6.84. The van der Waals surface area contributed by atoms with Gasteiger partial charge in [-0.25, -0.2) is 9.97 Å². The van der Waals surface area contributed by atoms with Crippen LogP contribution < -0.4 is 10.6 Å². The molecule has 2 fully saturated rings. The molecule has 4 nitrogen and oxygen atoms in total. The Morgan fingerprint density at radius 1 is 1.40 bits per heavy atom. The van der Waals surface area contributed by atoms with Crippen LogP contribution in [0, 0.1) is 12.8 Å². The minimum atomic E-state index is 0.614. The first-order valence-electron chi connectivity index (χ1n) is 5.59. The van der Waals surface area contributed by atoms with Crippen LogP contribution in [0.15, 0.2) is 6.33 Å². The molecule has 80 valence electrons. The molecule has 3 rings (SSSR count). The number of nitrogens with two attached hydrogens (primary N) is 1. The average Bonchev–Trinajstić information content (AvgIpc) is 2.83. The van der Waals surface area contributed by atoms with Gasteiger partial charge in [0, 0.05) is 18.2 Å². The number of fused-ring (bicyclic) bond motifs is 2. The van der Waals surface area contributed by atoms with E-state index in [9.17, 15) is 0 Å². The zero-order chi connectivity index (χ0) is 10.4. The molecule has 0 radical (unpaired) electrons. The molecular formula is C11H16N4. The highest BCUT2D eigenvalue weighted by atomic mass is 15.3. The highest BCUT2D eigenvalue weighted by Crippen LogP contribution is 2.40. The van der Waals surface area contributed by atoms with Crippen molar-refractivity contribution in [3.8, 4) is 0 Å². The quantitative estimate of drug-likeness (QED) is 0.750. The Kier molecular flexibility index (Phi) is 1.84. The summed E-state index contributed by atoms with van der Waals surface area (Å²) in [5, 5.41) is 0. The lowest BCUT2D eigenvalue weighted by Gasteiger charge is -2.29. The molecule has 0 aromatic carbocycles. The normalized spacial score (nSPS) is 28.7. The second kappa shape index (κ2) is 3.08. The minimum Gasteiger partial charge on any atom is -0.383 e. The predicted molar refractivity (Wildman–Crippen MR) is 59.7 cm³/mol. The highest BCUT2D eigenvalue weighted by molar-refractivity contribution is 5.57. The number of aromatic nitrogens is 2. The van der Waals surface area contributed by atoms with Crippen LogP contribution in [0.2, 0.25) is 0 Å². The van der Waals surface area contributed by atoms with Crippen LogP contribution in [0.3, 0.4) is 0 Å². The van der Waals surface area contributed by atoms with E-state index in [-0.39, 0.29) is 0 Å². The molecule has 1 aliphatic carbocycles. The van der Waals surface area contributed by atoms with Crippen LogP contribution in [0.4, 0.5) is 11.6 Å². The maximum Gasteiger partial charge on any atom is 0.137 e. The number of hydrogen-bond acceptors (Lipinski definition) is 4. The molecule has 2 aliphatic rings. The van der Waals surface area contributed by atoms with Crippen molar-refractivity contribution in [2.24, 2.45) is 5.92 Å². The number of piperidine rings is 1. The zero-order valence-electron chi connectivity index (χ0n) is 8.98. The molecule has 0 amide bonds. The van der Waals surface area contributed by atoms with E-state index in [0.29, 0.717) is 11.9 Å².